The normalized spacial score (nSPS) is 12.5. The first kappa shape index (κ1) is 22.7. The Bertz CT molecular complexity index is 2920. The molecule has 0 atom stereocenters. The van der Waals surface area contributed by atoms with Crippen molar-refractivity contribution in [2.24, 2.45) is 0 Å². The molecule has 4 aromatic heterocycles. The predicted molar refractivity (Wildman–Crippen MR) is 187 cm³/mol. The molecule has 0 unspecified atom stereocenters. The molecule has 0 amide bonds. The molecule has 7 aromatic carbocycles. The van der Waals surface area contributed by atoms with E-state index in [0.29, 0.717) is 0 Å². The van der Waals surface area contributed by atoms with Crippen LogP contribution >= 0.6 is 0 Å². The highest BCUT2D eigenvalue weighted by Gasteiger charge is 2.21. The van der Waals surface area contributed by atoms with E-state index in [9.17, 15) is 0 Å². The van der Waals surface area contributed by atoms with Crippen LogP contribution in [0.25, 0.3) is 98.4 Å². The van der Waals surface area contributed by atoms with Crippen LogP contribution in [-0.2, 0) is 0 Å². The number of benzene rings is 7. The second-order valence-corrected chi connectivity index (χ2v) is 12.1. The summed E-state index contributed by atoms with van der Waals surface area (Å²) in [4.78, 5) is 0. The van der Waals surface area contributed by atoms with Crippen LogP contribution in [-0.4, -0.2) is 8.80 Å². The molecule has 0 fully saturated rings. The van der Waals surface area contributed by atoms with Gasteiger partial charge < -0.3 is 8.80 Å². The molecule has 0 N–H and O–H groups in total. The van der Waals surface area contributed by atoms with E-state index in [1.54, 1.807) is 0 Å². The molecule has 0 aliphatic heterocycles. The third-order valence-electron chi connectivity index (χ3n) is 9.98. The Morgan fingerprint density at radius 1 is 0.273 bits per heavy atom. The van der Waals surface area contributed by atoms with Crippen molar-refractivity contribution in [3.63, 3.8) is 0 Å². The van der Waals surface area contributed by atoms with Gasteiger partial charge in [0.2, 0.25) is 0 Å². The van der Waals surface area contributed by atoms with E-state index in [1.165, 1.54) is 98.4 Å². The fourth-order valence-electron chi connectivity index (χ4n) is 8.16. The third-order valence-corrected chi connectivity index (χ3v) is 9.98. The maximum Gasteiger partial charge on any atom is 0.0620 e. The number of aromatic nitrogens is 2. The Kier molecular flexibility index (Phi) is 4.10. The molecule has 2 nitrogen and oxygen atoms in total. The van der Waals surface area contributed by atoms with E-state index in [-0.39, 0.29) is 0 Å². The summed E-state index contributed by atoms with van der Waals surface area (Å²) in [5.74, 6) is 0. The van der Waals surface area contributed by atoms with Crippen molar-refractivity contribution in [2.45, 2.75) is 0 Å². The highest BCUT2D eigenvalue weighted by Crippen LogP contribution is 2.45. The van der Waals surface area contributed by atoms with E-state index < -0.39 is 0 Å². The van der Waals surface area contributed by atoms with Crippen molar-refractivity contribution in [2.75, 3.05) is 0 Å². The molecule has 4 heterocycles. The minimum Gasteiger partial charge on any atom is -0.308 e. The van der Waals surface area contributed by atoms with E-state index in [4.69, 9.17) is 0 Å². The molecule has 44 heavy (non-hydrogen) atoms. The van der Waals surface area contributed by atoms with Crippen molar-refractivity contribution in [3.8, 4) is 22.3 Å². The van der Waals surface area contributed by atoms with E-state index >= 15 is 0 Å². The molecule has 11 aromatic rings. The van der Waals surface area contributed by atoms with Gasteiger partial charge in [0.05, 0.1) is 33.1 Å². The zero-order valence-electron chi connectivity index (χ0n) is 23.8. The van der Waals surface area contributed by atoms with Gasteiger partial charge in [-0.1, -0.05) is 115 Å². The van der Waals surface area contributed by atoms with Crippen molar-refractivity contribution < 1.29 is 0 Å². The zero-order chi connectivity index (χ0) is 28.5. The van der Waals surface area contributed by atoms with Crippen LogP contribution in [0, 0.1) is 0 Å². The largest absolute Gasteiger partial charge is 0.308 e. The quantitative estimate of drug-likeness (QED) is 0.200. The summed E-state index contributed by atoms with van der Waals surface area (Å²) in [6.45, 7) is 0. The highest BCUT2D eigenvalue weighted by atomic mass is 14.9. The molecule has 202 valence electrons. The fourth-order valence-corrected chi connectivity index (χ4v) is 8.16. The summed E-state index contributed by atoms with van der Waals surface area (Å²) in [5, 5.41) is 10.5. The van der Waals surface area contributed by atoms with E-state index in [1.807, 2.05) is 0 Å². The molecule has 0 saturated carbocycles. The van der Waals surface area contributed by atoms with Gasteiger partial charge in [-0.05, 0) is 47.0 Å². The van der Waals surface area contributed by atoms with Gasteiger partial charge >= 0.3 is 0 Å². The summed E-state index contributed by atoms with van der Waals surface area (Å²) < 4.78 is 4.97. The minimum absolute atomic E-state index is 1.25. The molecule has 0 spiro atoms. The first-order chi connectivity index (χ1) is 21.8. The lowest BCUT2D eigenvalue weighted by molar-refractivity contribution is 1.36. The Labute approximate surface area is 252 Å². The zero-order valence-corrected chi connectivity index (χ0v) is 23.8. The Morgan fingerprint density at radius 2 is 0.773 bits per heavy atom. The number of hydrogen-bond acceptors (Lipinski definition) is 0. The van der Waals surface area contributed by atoms with Crippen LogP contribution in [0.1, 0.15) is 0 Å². The molecule has 2 heteroatoms. The molecule has 0 radical (unpaired) electrons. The number of para-hydroxylation sites is 4. The van der Waals surface area contributed by atoms with E-state index in [2.05, 4.69) is 154 Å². The standard InChI is InChI=1S/C42H24N2/c1-2-9-25(10-3-1)26-19-21-39-35(23-26)34-17-8-15-32-31-14-6-12-28(40(31)44(39)42(32)34)27-20-22-38-36(24-27)33-16-7-13-30-29-11-4-5-18-37(29)43(38)41(30)33/h1-24H. The lowest BCUT2D eigenvalue weighted by atomic mass is 9.98. The molecule has 0 aliphatic carbocycles. The smallest absolute Gasteiger partial charge is 0.0620 e. The van der Waals surface area contributed by atoms with Gasteiger partial charge in [-0.25, -0.2) is 0 Å². The van der Waals surface area contributed by atoms with Crippen LogP contribution in [0.3, 0.4) is 0 Å². The van der Waals surface area contributed by atoms with Crippen LogP contribution in [0.15, 0.2) is 146 Å². The molecular formula is C42H24N2. The second-order valence-electron chi connectivity index (χ2n) is 12.1. The lowest BCUT2D eigenvalue weighted by Gasteiger charge is -2.08. The molecule has 0 bridgehead atoms. The predicted octanol–water partition coefficient (Wildman–Crippen LogP) is 11.3. The van der Waals surface area contributed by atoms with Crippen molar-refractivity contribution in [3.05, 3.63) is 146 Å². The number of hydrogen-bond donors (Lipinski definition) is 0. The summed E-state index contributed by atoms with van der Waals surface area (Å²) in [6.07, 6.45) is 0. The number of nitrogens with zero attached hydrogens (tertiary/aromatic N) is 2. The summed E-state index contributed by atoms with van der Waals surface area (Å²) >= 11 is 0. The fraction of sp³-hybridized carbons (Fsp3) is 0. The highest BCUT2D eigenvalue weighted by molar-refractivity contribution is 6.26. The summed E-state index contributed by atoms with van der Waals surface area (Å²) in [7, 11) is 0. The monoisotopic (exact) mass is 556 g/mol. The molecule has 11 rings (SSSR count). The van der Waals surface area contributed by atoms with Gasteiger partial charge in [0, 0.05) is 48.7 Å². The minimum atomic E-state index is 1.25. The van der Waals surface area contributed by atoms with Gasteiger partial charge in [0.15, 0.2) is 0 Å². The third kappa shape index (κ3) is 2.68. The second kappa shape index (κ2) is 7.94. The maximum atomic E-state index is 2.52. The van der Waals surface area contributed by atoms with Gasteiger partial charge in [-0.3, -0.25) is 0 Å². The van der Waals surface area contributed by atoms with Crippen molar-refractivity contribution in [1.82, 2.24) is 8.80 Å². The molecule has 0 saturated heterocycles. The first-order valence-corrected chi connectivity index (χ1v) is 15.3. The van der Waals surface area contributed by atoms with Gasteiger partial charge in [0.25, 0.3) is 0 Å². The average Bonchev–Trinajstić information content (AvgIpc) is 3.81. The average molecular weight is 557 g/mol. The Morgan fingerprint density at radius 3 is 1.55 bits per heavy atom. The SMILES string of the molecule is c1ccc(-c2ccc3c(c2)c2cccc4c5cccc(-c6ccc7c(c6)c6cccc8c9ccccc9n7c86)c5n3c24)cc1. The number of fused-ring (bicyclic) bond motifs is 12. The van der Waals surface area contributed by atoms with Crippen LogP contribution in [0.4, 0.5) is 0 Å². The van der Waals surface area contributed by atoms with Gasteiger partial charge in [-0.15, -0.1) is 0 Å². The topological polar surface area (TPSA) is 8.82 Å². The van der Waals surface area contributed by atoms with Gasteiger partial charge in [-0.2, -0.15) is 0 Å². The maximum absolute atomic E-state index is 2.52. The summed E-state index contributed by atoms with van der Waals surface area (Å²) in [5.41, 5.74) is 12.7. The van der Waals surface area contributed by atoms with Crippen LogP contribution in [0.2, 0.25) is 0 Å². The van der Waals surface area contributed by atoms with Crippen LogP contribution < -0.4 is 0 Å². The first-order valence-electron chi connectivity index (χ1n) is 15.3. The Balaban J connectivity index is 1.23. The molecule has 0 aliphatic rings. The summed E-state index contributed by atoms with van der Waals surface area (Å²) in [6, 6.07) is 53.8. The molecular weight excluding hydrogens is 532 g/mol. The Hall–Kier alpha value is -5.86. The van der Waals surface area contributed by atoms with E-state index in [0.717, 1.165) is 0 Å². The van der Waals surface area contributed by atoms with Crippen molar-refractivity contribution >= 4 is 76.2 Å². The number of rotatable bonds is 2. The lowest BCUT2D eigenvalue weighted by Crippen LogP contribution is -1.87. The van der Waals surface area contributed by atoms with Crippen LogP contribution in [0.5, 0.6) is 0 Å². The van der Waals surface area contributed by atoms with Gasteiger partial charge in [0.1, 0.15) is 0 Å². The van der Waals surface area contributed by atoms with Crippen molar-refractivity contribution in [1.29, 1.82) is 0 Å².